The molecule has 0 spiro atoms. The summed E-state index contributed by atoms with van der Waals surface area (Å²) in [4.78, 5) is 6.55. The van der Waals surface area contributed by atoms with E-state index in [0.717, 1.165) is 48.1 Å². The standard InChI is InChI=1S/C18H22ClN3O/c1-14-11-22(8-7-21-14)12-16-9-17(19)4-5-18(16)23-13-15-3-2-6-20-10-15/h2-6,9-10,14,21H,7-8,11-13H2,1H3/t14-/m0/s1. The minimum atomic E-state index is 0.514. The molecular weight excluding hydrogens is 310 g/mol. The Labute approximate surface area is 142 Å². The van der Waals surface area contributed by atoms with Crippen molar-refractivity contribution in [3.05, 3.63) is 58.9 Å². The lowest BCUT2D eigenvalue weighted by molar-refractivity contribution is 0.195. The van der Waals surface area contributed by atoms with Gasteiger partial charge in [0.15, 0.2) is 0 Å². The monoisotopic (exact) mass is 331 g/mol. The first-order valence-electron chi connectivity index (χ1n) is 7.96. The molecule has 1 N–H and O–H groups in total. The van der Waals surface area contributed by atoms with Gasteiger partial charge in [-0.2, -0.15) is 0 Å². The van der Waals surface area contributed by atoms with E-state index in [0.29, 0.717) is 12.6 Å². The van der Waals surface area contributed by atoms with Crippen LogP contribution in [0.15, 0.2) is 42.7 Å². The molecule has 5 heteroatoms. The number of nitrogens with one attached hydrogen (secondary N) is 1. The second kappa shape index (κ2) is 7.77. The van der Waals surface area contributed by atoms with E-state index < -0.39 is 0 Å². The van der Waals surface area contributed by atoms with Crippen LogP contribution in [-0.2, 0) is 13.2 Å². The van der Waals surface area contributed by atoms with Crippen molar-refractivity contribution in [2.24, 2.45) is 0 Å². The van der Waals surface area contributed by atoms with Gasteiger partial charge < -0.3 is 10.1 Å². The number of hydrogen-bond acceptors (Lipinski definition) is 4. The molecule has 1 fully saturated rings. The molecule has 0 aliphatic carbocycles. The van der Waals surface area contributed by atoms with Gasteiger partial charge >= 0.3 is 0 Å². The van der Waals surface area contributed by atoms with Crippen LogP contribution in [0.3, 0.4) is 0 Å². The summed E-state index contributed by atoms with van der Waals surface area (Å²) in [5, 5.41) is 4.21. The third kappa shape index (κ3) is 4.67. The third-order valence-electron chi connectivity index (χ3n) is 3.99. The predicted octanol–water partition coefficient (Wildman–Crippen LogP) is 3.11. The number of piperazine rings is 1. The number of ether oxygens (including phenoxy) is 1. The molecule has 0 amide bonds. The summed E-state index contributed by atoms with van der Waals surface area (Å²) < 4.78 is 6.01. The molecule has 0 unspecified atom stereocenters. The summed E-state index contributed by atoms with van der Waals surface area (Å²) in [6.45, 7) is 6.68. The SMILES string of the molecule is C[C@H]1CN(Cc2cc(Cl)ccc2OCc2cccnc2)CCN1. The molecule has 0 radical (unpaired) electrons. The fourth-order valence-electron chi connectivity index (χ4n) is 2.85. The van der Waals surface area contributed by atoms with Crippen LogP contribution in [0.5, 0.6) is 5.75 Å². The van der Waals surface area contributed by atoms with Gasteiger partial charge in [-0.1, -0.05) is 17.7 Å². The van der Waals surface area contributed by atoms with Crippen molar-refractivity contribution in [1.82, 2.24) is 15.2 Å². The van der Waals surface area contributed by atoms with Crippen molar-refractivity contribution in [1.29, 1.82) is 0 Å². The first-order valence-corrected chi connectivity index (χ1v) is 8.34. The Hall–Kier alpha value is -1.62. The largest absolute Gasteiger partial charge is 0.489 e. The van der Waals surface area contributed by atoms with E-state index >= 15 is 0 Å². The normalized spacial score (nSPS) is 18.8. The number of halogens is 1. The number of nitrogens with zero attached hydrogens (tertiary/aromatic N) is 2. The second-order valence-corrected chi connectivity index (χ2v) is 6.43. The van der Waals surface area contributed by atoms with Gasteiger partial charge in [0.05, 0.1) is 0 Å². The highest BCUT2D eigenvalue weighted by Gasteiger charge is 2.17. The Kier molecular flexibility index (Phi) is 5.49. The number of rotatable bonds is 5. The lowest BCUT2D eigenvalue weighted by Crippen LogP contribution is -2.48. The Morgan fingerprint density at radius 3 is 3.09 bits per heavy atom. The predicted molar refractivity (Wildman–Crippen MR) is 92.8 cm³/mol. The quantitative estimate of drug-likeness (QED) is 0.913. The fourth-order valence-corrected chi connectivity index (χ4v) is 3.05. The summed E-state index contributed by atoms with van der Waals surface area (Å²) in [7, 11) is 0. The van der Waals surface area contributed by atoms with Crippen LogP contribution in [0.2, 0.25) is 5.02 Å². The number of pyridine rings is 1. The molecule has 0 bridgehead atoms. The topological polar surface area (TPSA) is 37.4 Å². The minimum absolute atomic E-state index is 0.514. The Balaban J connectivity index is 1.69. The summed E-state index contributed by atoms with van der Waals surface area (Å²) >= 11 is 6.18. The van der Waals surface area contributed by atoms with E-state index in [1.807, 2.05) is 36.5 Å². The Morgan fingerprint density at radius 2 is 2.30 bits per heavy atom. The molecule has 2 aromatic rings. The number of benzene rings is 1. The van der Waals surface area contributed by atoms with Crippen molar-refractivity contribution in [2.45, 2.75) is 26.1 Å². The molecule has 0 saturated carbocycles. The lowest BCUT2D eigenvalue weighted by Gasteiger charge is -2.32. The highest BCUT2D eigenvalue weighted by molar-refractivity contribution is 6.30. The van der Waals surface area contributed by atoms with Crippen molar-refractivity contribution in [3.8, 4) is 5.75 Å². The van der Waals surface area contributed by atoms with Crippen LogP contribution in [0, 0.1) is 0 Å². The number of aromatic nitrogens is 1. The molecule has 1 saturated heterocycles. The van der Waals surface area contributed by atoms with Crippen molar-refractivity contribution in [3.63, 3.8) is 0 Å². The average molecular weight is 332 g/mol. The molecule has 1 aliphatic rings. The van der Waals surface area contributed by atoms with E-state index in [1.54, 1.807) is 6.20 Å². The molecule has 122 valence electrons. The maximum atomic E-state index is 6.18. The van der Waals surface area contributed by atoms with Crippen LogP contribution < -0.4 is 10.1 Å². The van der Waals surface area contributed by atoms with Crippen LogP contribution in [-0.4, -0.2) is 35.6 Å². The summed E-state index contributed by atoms with van der Waals surface area (Å²) in [6, 6.07) is 10.3. The van der Waals surface area contributed by atoms with Crippen LogP contribution in [0.4, 0.5) is 0 Å². The van der Waals surface area contributed by atoms with E-state index in [1.165, 1.54) is 0 Å². The van der Waals surface area contributed by atoms with Crippen molar-refractivity contribution in [2.75, 3.05) is 19.6 Å². The van der Waals surface area contributed by atoms with E-state index in [2.05, 4.69) is 22.1 Å². The van der Waals surface area contributed by atoms with Gasteiger partial charge in [0, 0.05) is 60.8 Å². The van der Waals surface area contributed by atoms with Gasteiger partial charge in [0.1, 0.15) is 12.4 Å². The molecule has 1 aliphatic heterocycles. The first kappa shape index (κ1) is 16.2. The summed E-state index contributed by atoms with van der Waals surface area (Å²) in [5.74, 6) is 0.893. The van der Waals surface area contributed by atoms with Gasteiger partial charge in [-0.3, -0.25) is 9.88 Å². The van der Waals surface area contributed by atoms with Gasteiger partial charge in [0.25, 0.3) is 0 Å². The zero-order chi connectivity index (χ0) is 16.1. The smallest absolute Gasteiger partial charge is 0.124 e. The van der Waals surface area contributed by atoms with Gasteiger partial charge in [-0.15, -0.1) is 0 Å². The molecule has 4 nitrogen and oxygen atoms in total. The third-order valence-corrected chi connectivity index (χ3v) is 4.22. The van der Waals surface area contributed by atoms with Crippen molar-refractivity contribution < 1.29 is 4.74 Å². The average Bonchev–Trinajstić information content (AvgIpc) is 2.55. The lowest BCUT2D eigenvalue weighted by atomic mass is 10.1. The minimum Gasteiger partial charge on any atom is -0.489 e. The highest BCUT2D eigenvalue weighted by Crippen LogP contribution is 2.25. The molecular formula is C18H22ClN3O. The highest BCUT2D eigenvalue weighted by atomic mass is 35.5. The Bertz CT molecular complexity index is 635. The summed E-state index contributed by atoms with van der Waals surface area (Å²) in [5.41, 5.74) is 2.19. The van der Waals surface area contributed by atoms with Crippen LogP contribution in [0.1, 0.15) is 18.1 Å². The molecule has 1 atom stereocenters. The van der Waals surface area contributed by atoms with E-state index in [4.69, 9.17) is 16.3 Å². The molecule has 2 heterocycles. The Morgan fingerprint density at radius 1 is 1.39 bits per heavy atom. The maximum absolute atomic E-state index is 6.18. The van der Waals surface area contributed by atoms with Crippen LogP contribution >= 0.6 is 11.6 Å². The summed E-state index contributed by atoms with van der Waals surface area (Å²) in [6.07, 6.45) is 3.59. The molecule has 1 aromatic carbocycles. The zero-order valence-electron chi connectivity index (χ0n) is 13.3. The fraction of sp³-hybridized carbons (Fsp3) is 0.389. The van der Waals surface area contributed by atoms with Gasteiger partial charge in [-0.25, -0.2) is 0 Å². The van der Waals surface area contributed by atoms with E-state index in [-0.39, 0.29) is 0 Å². The second-order valence-electron chi connectivity index (χ2n) is 5.99. The van der Waals surface area contributed by atoms with Gasteiger partial charge in [0.2, 0.25) is 0 Å². The molecule has 1 aromatic heterocycles. The van der Waals surface area contributed by atoms with E-state index in [9.17, 15) is 0 Å². The van der Waals surface area contributed by atoms with Crippen molar-refractivity contribution >= 4 is 11.6 Å². The first-order chi connectivity index (χ1) is 11.2. The maximum Gasteiger partial charge on any atom is 0.124 e. The zero-order valence-corrected chi connectivity index (χ0v) is 14.1. The molecule has 23 heavy (non-hydrogen) atoms. The van der Waals surface area contributed by atoms with Crippen LogP contribution in [0.25, 0.3) is 0 Å². The van der Waals surface area contributed by atoms with Gasteiger partial charge in [-0.05, 0) is 31.2 Å². The number of hydrogen-bond donors (Lipinski definition) is 1. The molecule has 3 rings (SSSR count).